The Kier molecular flexibility index (Phi) is 5.01. The van der Waals surface area contributed by atoms with Crippen LogP contribution < -0.4 is 5.32 Å². The van der Waals surface area contributed by atoms with E-state index in [0.717, 1.165) is 24.4 Å². The maximum Gasteiger partial charge on any atom is 0.317 e. The van der Waals surface area contributed by atoms with Gasteiger partial charge < -0.3 is 10.2 Å². The molecule has 0 saturated carbocycles. The lowest BCUT2D eigenvalue weighted by atomic mass is 10.1. The second-order valence-electron chi connectivity index (χ2n) is 5.36. The van der Waals surface area contributed by atoms with E-state index in [0.29, 0.717) is 11.8 Å². The Morgan fingerprint density at radius 2 is 1.77 bits per heavy atom. The number of thioether (sulfide) groups is 1. The first kappa shape index (κ1) is 15.0. The van der Waals surface area contributed by atoms with Crippen molar-refractivity contribution in [1.82, 2.24) is 10.2 Å². The molecule has 1 atom stereocenters. The van der Waals surface area contributed by atoms with Gasteiger partial charge in [0.15, 0.2) is 0 Å². The normalized spacial score (nSPS) is 18.0. The molecule has 114 valence electrons. The monoisotopic (exact) mass is 312 g/mol. The molecule has 2 aromatic rings. The van der Waals surface area contributed by atoms with Gasteiger partial charge in [-0.25, -0.2) is 4.79 Å². The summed E-state index contributed by atoms with van der Waals surface area (Å²) in [6.45, 7) is 2.17. The van der Waals surface area contributed by atoms with E-state index in [2.05, 4.69) is 29.6 Å². The maximum absolute atomic E-state index is 12.4. The van der Waals surface area contributed by atoms with Crippen molar-refractivity contribution < 1.29 is 4.79 Å². The third-order valence-electron chi connectivity index (χ3n) is 3.81. The highest BCUT2D eigenvalue weighted by Gasteiger charge is 2.24. The van der Waals surface area contributed by atoms with Gasteiger partial charge >= 0.3 is 6.03 Å². The summed E-state index contributed by atoms with van der Waals surface area (Å²) in [7, 11) is 0. The molecule has 2 amide bonds. The lowest BCUT2D eigenvalue weighted by Gasteiger charge is -2.32. The Bertz CT molecular complexity index is 603. The Morgan fingerprint density at radius 1 is 1.09 bits per heavy atom. The van der Waals surface area contributed by atoms with Crippen molar-refractivity contribution in [3.8, 4) is 0 Å². The summed E-state index contributed by atoms with van der Waals surface area (Å²) in [6, 6.07) is 20.5. The molecule has 0 aromatic heterocycles. The number of hydrogen-bond donors (Lipinski definition) is 1. The van der Waals surface area contributed by atoms with E-state index in [1.807, 2.05) is 53.1 Å². The first-order chi connectivity index (χ1) is 10.8. The average Bonchev–Trinajstić information content (AvgIpc) is 2.61. The quantitative estimate of drug-likeness (QED) is 0.937. The zero-order valence-corrected chi connectivity index (χ0v) is 13.3. The number of benzene rings is 2. The van der Waals surface area contributed by atoms with Crippen molar-refractivity contribution in [2.45, 2.75) is 11.8 Å². The standard InChI is InChI=1S/C18H20N2OS/c21-18(19-13-15-7-3-1-4-8-15)20-11-12-22-17(14-20)16-9-5-2-6-10-16/h1-10,17H,11-14H2,(H,19,21). The summed E-state index contributed by atoms with van der Waals surface area (Å²) in [4.78, 5) is 14.3. The Hall–Kier alpha value is -1.94. The van der Waals surface area contributed by atoms with Crippen LogP contribution in [0.3, 0.4) is 0 Å². The van der Waals surface area contributed by atoms with Crippen molar-refractivity contribution >= 4 is 17.8 Å². The van der Waals surface area contributed by atoms with Crippen molar-refractivity contribution in [1.29, 1.82) is 0 Å². The van der Waals surface area contributed by atoms with Gasteiger partial charge in [-0.15, -0.1) is 0 Å². The highest BCUT2D eigenvalue weighted by molar-refractivity contribution is 7.99. The van der Waals surface area contributed by atoms with Crippen LogP contribution in [0.4, 0.5) is 4.79 Å². The van der Waals surface area contributed by atoms with E-state index in [1.54, 1.807) is 0 Å². The Labute approximate surface area is 135 Å². The zero-order valence-electron chi connectivity index (χ0n) is 12.4. The van der Waals surface area contributed by atoms with Crippen LogP contribution in [0, 0.1) is 0 Å². The average molecular weight is 312 g/mol. The summed E-state index contributed by atoms with van der Waals surface area (Å²) < 4.78 is 0. The van der Waals surface area contributed by atoms with Gasteiger partial charge in [-0.05, 0) is 11.1 Å². The molecule has 2 aromatic carbocycles. The van der Waals surface area contributed by atoms with Crippen LogP contribution >= 0.6 is 11.8 Å². The lowest BCUT2D eigenvalue weighted by molar-refractivity contribution is 0.199. The maximum atomic E-state index is 12.4. The van der Waals surface area contributed by atoms with Gasteiger partial charge in [0.1, 0.15) is 0 Å². The molecular weight excluding hydrogens is 292 g/mol. The molecule has 0 aliphatic carbocycles. The molecule has 0 spiro atoms. The zero-order chi connectivity index (χ0) is 15.2. The summed E-state index contributed by atoms with van der Waals surface area (Å²) in [6.07, 6.45) is 0. The molecule has 1 aliphatic heterocycles. The third kappa shape index (κ3) is 3.83. The van der Waals surface area contributed by atoms with Crippen molar-refractivity contribution in [2.75, 3.05) is 18.8 Å². The Morgan fingerprint density at radius 3 is 2.50 bits per heavy atom. The van der Waals surface area contributed by atoms with Gasteiger partial charge in [0.2, 0.25) is 0 Å². The minimum Gasteiger partial charge on any atom is -0.334 e. The van der Waals surface area contributed by atoms with Crippen LogP contribution in [0.1, 0.15) is 16.4 Å². The fraction of sp³-hybridized carbons (Fsp3) is 0.278. The summed E-state index contributed by atoms with van der Waals surface area (Å²) in [5.41, 5.74) is 2.43. The molecular formula is C18H20N2OS. The predicted octanol–water partition coefficient (Wildman–Crippen LogP) is 3.69. The first-order valence-corrected chi connectivity index (χ1v) is 8.61. The molecule has 1 N–H and O–H groups in total. The van der Waals surface area contributed by atoms with Crippen LogP contribution in [0.15, 0.2) is 60.7 Å². The molecule has 0 bridgehead atoms. The fourth-order valence-corrected chi connectivity index (χ4v) is 3.83. The molecule has 1 unspecified atom stereocenters. The molecule has 1 aliphatic rings. The number of nitrogens with zero attached hydrogens (tertiary/aromatic N) is 1. The van der Waals surface area contributed by atoms with Gasteiger partial charge in [0.25, 0.3) is 0 Å². The van der Waals surface area contributed by atoms with Crippen LogP contribution in [-0.4, -0.2) is 29.8 Å². The summed E-state index contributed by atoms with van der Waals surface area (Å²) >= 11 is 1.93. The minimum atomic E-state index is 0.0325. The summed E-state index contributed by atoms with van der Waals surface area (Å²) in [5.74, 6) is 0.984. The highest BCUT2D eigenvalue weighted by Crippen LogP contribution is 2.32. The second-order valence-corrected chi connectivity index (χ2v) is 6.67. The highest BCUT2D eigenvalue weighted by atomic mass is 32.2. The van der Waals surface area contributed by atoms with Crippen molar-refractivity contribution in [3.05, 3.63) is 71.8 Å². The molecule has 3 rings (SSSR count). The van der Waals surface area contributed by atoms with E-state index in [4.69, 9.17) is 0 Å². The van der Waals surface area contributed by atoms with Gasteiger partial charge in [-0.2, -0.15) is 11.8 Å². The van der Waals surface area contributed by atoms with E-state index in [1.165, 1.54) is 5.56 Å². The summed E-state index contributed by atoms with van der Waals surface area (Å²) in [5, 5.41) is 3.39. The number of urea groups is 1. The van der Waals surface area contributed by atoms with Crippen molar-refractivity contribution in [2.24, 2.45) is 0 Å². The number of hydrogen-bond acceptors (Lipinski definition) is 2. The molecule has 4 heteroatoms. The molecule has 3 nitrogen and oxygen atoms in total. The second kappa shape index (κ2) is 7.36. The van der Waals surface area contributed by atoms with Gasteiger partial charge in [-0.1, -0.05) is 60.7 Å². The number of nitrogens with one attached hydrogen (secondary N) is 1. The fourth-order valence-electron chi connectivity index (χ4n) is 2.59. The van der Waals surface area contributed by atoms with E-state index in [9.17, 15) is 4.79 Å². The minimum absolute atomic E-state index is 0.0325. The van der Waals surface area contributed by atoms with E-state index < -0.39 is 0 Å². The number of carbonyl (C=O) groups is 1. The lowest BCUT2D eigenvalue weighted by Crippen LogP contribution is -2.44. The largest absolute Gasteiger partial charge is 0.334 e. The molecule has 1 saturated heterocycles. The number of carbonyl (C=O) groups excluding carboxylic acids is 1. The SMILES string of the molecule is O=C(NCc1ccccc1)N1CCSC(c2ccccc2)C1. The first-order valence-electron chi connectivity index (χ1n) is 7.56. The van der Waals surface area contributed by atoms with E-state index >= 15 is 0 Å². The topological polar surface area (TPSA) is 32.3 Å². The van der Waals surface area contributed by atoms with Crippen molar-refractivity contribution in [3.63, 3.8) is 0 Å². The number of amides is 2. The number of rotatable bonds is 3. The van der Waals surface area contributed by atoms with Gasteiger partial charge in [0.05, 0.1) is 0 Å². The molecule has 1 heterocycles. The van der Waals surface area contributed by atoms with Crippen LogP contribution in [-0.2, 0) is 6.54 Å². The van der Waals surface area contributed by atoms with Crippen LogP contribution in [0.5, 0.6) is 0 Å². The molecule has 22 heavy (non-hydrogen) atoms. The smallest absolute Gasteiger partial charge is 0.317 e. The van der Waals surface area contributed by atoms with Gasteiger partial charge in [0, 0.05) is 30.6 Å². The predicted molar refractivity (Wildman–Crippen MR) is 91.9 cm³/mol. The third-order valence-corrected chi connectivity index (χ3v) is 5.05. The molecule has 0 radical (unpaired) electrons. The van der Waals surface area contributed by atoms with Crippen LogP contribution in [0.2, 0.25) is 0 Å². The van der Waals surface area contributed by atoms with E-state index in [-0.39, 0.29) is 6.03 Å². The Balaban J connectivity index is 1.56. The van der Waals surface area contributed by atoms with Gasteiger partial charge in [-0.3, -0.25) is 0 Å². The van der Waals surface area contributed by atoms with Crippen LogP contribution in [0.25, 0.3) is 0 Å². The molecule has 1 fully saturated rings.